The van der Waals surface area contributed by atoms with Crippen LogP contribution < -0.4 is 16.2 Å². The Balaban J connectivity index is 2.26. The number of hydrogen-bond donors (Lipinski definition) is 2. The van der Waals surface area contributed by atoms with Gasteiger partial charge in [-0.15, -0.1) is 0 Å². The number of nitrogen functional groups attached to an aromatic ring is 1. The van der Waals surface area contributed by atoms with Crippen LogP contribution in [0.4, 0.5) is 11.8 Å². The summed E-state index contributed by atoms with van der Waals surface area (Å²) in [6.45, 7) is 7.54. The molecular weight excluding hydrogens is 252 g/mol. The van der Waals surface area contributed by atoms with Crippen LogP contribution in [0.15, 0.2) is 24.3 Å². The van der Waals surface area contributed by atoms with Gasteiger partial charge in [0, 0.05) is 24.0 Å². The monoisotopic (exact) mass is 272 g/mol. The molecule has 0 aromatic carbocycles. The van der Waals surface area contributed by atoms with Gasteiger partial charge in [0.15, 0.2) is 0 Å². The first-order chi connectivity index (χ1) is 9.62. The largest absolute Gasteiger partial charge is 0.351 e. The molecule has 0 fully saturated rings. The van der Waals surface area contributed by atoms with Crippen molar-refractivity contribution in [2.24, 2.45) is 5.84 Å². The van der Waals surface area contributed by atoms with Crippen molar-refractivity contribution in [3.05, 3.63) is 41.3 Å². The SMILES string of the molecule is CCN(Cc1cccc(C)n1)c1cc(C)nc(NN)n1. The van der Waals surface area contributed by atoms with Crippen LogP contribution in [0.5, 0.6) is 0 Å². The van der Waals surface area contributed by atoms with E-state index in [0.29, 0.717) is 12.5 Å². The molecule has 2 heterocycles. The highest BCUT2D eigenvalue weighted by molar-refractivity contribution is 5.44. The molecule has 0 atom stereocenters. The zero-order valence-electron chi connectivity index (χ0n) is 12.1. The van der Waals surface area contributed by atoms with E-state index >= 15 is 0 Å². The zero-order valence-corrected chi connectivity index (χ0v) is 12.1. The average molecular weight is 272 g/mol. The summed E-state index contributed by atoms with van der Waals surface area (Å²) in [7, 11) is 0. The van der Waals surface area contributed by atoms with Crippen LogP contribution in [0.3, 0.4) is 0 Å². The molecule has 0 unspecified atom stereocenters. The van der Waals surface area contributed by atoms with Crippen molar-refractivity contribution < 1.29 is 0 Å². The predicted molar refractivity (Wildman–Crippen MR) is 80.3 cm³/mol. The summed E-state index contributed by atoms with van der Waals surface area (Å²) in [5.74, 6) is 6.67. The number of nitrogens with zero attached hydrogens (tertiary/aromatic N) is 4. The fourth-order valence-electron chi connectivity index (χ4n) is 2.02. The molecule has 0 radical (unpaired) electrons. The molecule has 0 bridgehead atoms. The summed E-state index contributed by atoms with van der Waals surface area (Å²) in [5, 5.41) is 0. The molecule has 0 spiro atoms. The van der Waals surface area contributed by atoms with Gasteiger partial charge in [0.1, 0.15) is 5.82 Å². The zero-order chi connectivity index (χ0) is 14.5. The Morgan fingerprint density at radius 3 is 2.60 bits per heavy atom. The van der Waals surface area contributed by atoms with Gasteiger partial charge >= 0.3 is 0 Å². The Morgan fingerprint density at radius 1 is 1.15 bits per heavy atom. The molecule has 2 aromatic rings. The third kappa shape index (κ3) is 3.42. The van der Waals surface area contributed by atoms with Gasteiger partial charge in [-0.05, 0) is 32.9 Å². The maximum atomic E-state index is 5.40. The smallest absolute Gasteiger partial charge is 0.239 e. The minimum Gasteiger partial charge on any atom is -0.351 e. The molecule has 0 aliphatic heterocycles. The van der Waals surface area contributed by atoms with E-state index in [2.05, 4.69) is 32.2 Å². The van der Waals surface area contributed by atoms with Crippen LogP contribution in [0.2, 0.25) is 0 Å². The first-order valence-corrected chi connectivity index (χ1v) is 6.62. The molecule has 6 heteroatoms. The van der Waals surface area contributed by atoms with E-state index in [1.807, 2.05) is 38.1 Å². The lowest BCUT2D eigenvalue weighted by Gasteiger charge is -2.22. The molecule has 2 rings (SSSR count). The molecule has 6 nitrogen and oxygen atoms in total. The molecule has 3 N–H and O–H groups in total. The minimum absolute atomic E-state index is 0.427. The Labute approximate surface area is 119 Å². The van der Waals surface area contributed by atoms with E-state index in [0.717, 1.165) is 29.4 Å². The third-order valence-electron chi connectivity index (χ3n) is 2.97. The first-order valence-electron chi connectivity index (χ1n) is 6.62. The lowest BCUT2D eigenvalue weighted by atomic mass is 10.3. The van der Waals surface area contributed by atoms with Crippen molar-refractivity contribution in [1.82, 2.24) is 15.0 Å². The second-order valence-electron chi connectivity index (χ2n) is 4.62. The molecule has 0 amide bonds. The van der Waals surface area contributed by atoms with Crippen LogP contribution >= 0.6 is 0 Å². The summed E-state index contributed by atoms with van der Waals surface area (Å²) in [6.07, 6.45) is 0. The van der Waals surface area contributed by atoms with E-state index in [4.69, 9.17) is 5.84 Å². The standard InChI is InChI=1S/C14H20N6/c1-4-20(9-12-7-5-6-10(2)16-12)13-8-11(3)17-14(18-13)19-15/h5-8H,4,9,15H2,1-3H3,(H,17,18,19). The Morgan fingerprint density at radius 2 is 1.95 bits per heavy atom. The van der Waals surface area contributed by atoms with Crippen molar-refractivity contribution in [2.45, 2.75) is 27.3 Å². The van der Waals surface area contributed by atoms with Gasteiger partial charge in [-0.3, -0.25) is 10.4 Å². The van der Waals surface area contributed by atoms with Crippen LogP contribution in [0, 0.1) is 13.8 Å². The van der Waals surface area contributed by atoms with Gasteiger partial charge in [0.2, 0.25) is 5.95 Å². The second kappa shape index (κ2) is 6.29. The highest BCUT2D eigenvalue weighted by atomic mass is 15.3. The van der Waals surface area contributed by atoms with Crippen molar-refractivity contribution in [3.8, 4) is 0 Å². The molecule has 106 valence electrons. The number of nitrogens with two attached hydrogens (primary N) is 1. The summed E-state index contributed by atoms with van der Waals surface area (Å²) < 4.78 is 0. The summed E-state index contributed by atoms with van der Waals surface area (Å²) in [6, 6.07) is 7.97. The Hall–Kier alpha value is -2.21. The molecule has 0 aliphatic rings. The second-order valence-corrected chi connectivity index (χ2v) is 4.62. The van der Waals surface area contributed by atoms with E-state index in [9.17, 15) is 0 Å². The van der Waals surface area contributed by atoms with E-state index in [-0.39, 0.29) is 0 Å². The number of hydrogen-bond acceptors (Lipinski definition) is 6. The van der Waals surface area contributed by atoms with Gasteiger partial charge < -0.3 is 4.90 Å². The number of aryl methyl sites for hydroxylation is 2. The third-order valence-corrected chi connectivity index (χ3v) is 2.97. The molecule has 2 aromatic heterocycles. The maximum absolute atomic E-state index is 5.40. The van der Waals surface area contributed by atoms with Crippen molar-refractivity contribution >= 4 is 11.8 Å². The quantitative estimate of drug-likeness (QED) is 0.638. The maximum Gasteiger partial charge on any atom is 0.239 e. The van der Waals surface area contributed by atoms with Crippen molar-refractivity contribution in [3.63, 3.8) is 0 Å². The predicted octanol–water partition coefficient (Wildman–Crippen LogP) is 1.80. The summed E-state index contributed by atoms with van der Waals surface area (Å²) >= 11 is 0. The van der Waals surface area contributed by atoms with E-state index < -0.39 is 0 Å². The van der Waals surface area contributed by atoms with Crippen molar-refractivity contribution in [2.75, 3.05) is 16.9 Å². The van der Waals surface area contributed by atoms with Gasteiger partial charge in [0.25, 0.3) is 0 Å². The fourth-order valence-corrected chi connectivity index (χ4v) is 2.02. The lowest BCUT2D eigenvalue weighted by molar-refractivity contribution is 0.786. The van der Waals surface area contributed by atoms with E-state index in [1.54, 1.807) is 0 Å². The Bertz CT molecular complexity index is 584. The van der Waals surface area contributed by atoms with Crippen LogP contribution in [-0.4, -0.2) is 21.5 Å². The van der Waals surface area contributed by atoms with Gasteiger partial charge in [-0.2, -0.15) is 4.98 Å². The molecule has 0 saturated carbocycles. The fraction of sp³-hybridized carbons (Fsp3) is 0.357. The Kier molecular flexibility index (Phi) is 4.47. The van der Waals surface area contributed by atoms with Crippen LogP contribution in [-0.2, 0) is 6.54 Å². The summed E-state index contributed by atoms with van der Waals surface area (Å²) in [5.41, 5.74) is 5.40. The van der Waals surface area contributed by atoms with Gasteiger partial charge in [-0.25, -0.2) is 10.8 Å². The van der Waals surface area contributed by atoms with Crippen LogP contribution in [0.1, 0.15) is 24.0 Å². The molecule has 0 aliphatic carbocycles. The minimum atomic E-state index is 0.427. The van der Waals surface area contributed by atoms with Crippen molar-refractivity contribution in [1.29, 1.82) is 0 Å². The molecule has 20 heavy (non-hydrogen) atoms. The van der Waals surface area contributed by atoms with E-state index in [1.165, 1.54) is 0 Å². The molecular formula is C14H20N6. The number of pyridine rings is 1. The number of rotatable bonds is 5. The molecule has 0 saturated heterocycles. The number of aromatic nitrogens is 3. The highest BCUT2D eigenvalue weighted by Gasteiger charge is 2.10. The van der Waals surface area contributed by atoms with Gasteiger partial charge in [0.05, 0.1) is 12.2 Å². The average Bonchev–Trinajstić information content (AvgIpc) is 2.44. The summed E-state index contributed by atoms with van der Waals surface area (Å²) in [4.78, 5) is 15.3. The first kappa shape index (κ1) is 14.2. The topological polar surface area (TPSA) is 80.0 Å². The number of nitrogens with one attached hydrogen (secondary N) is 1. The normalized spacial score (nSPS) is 10.4. The number of hydrazine groups is 1. The number of anilines is 2. The lowest BCUT2D eigenvalue weighted by Crippen LogP contribution is -2.25. The van der Waals surface area contributed by atoms with Gasteiger partial charge in [-0.1, -0.05) is 6.07 Å². The van der Waals surface area contributed by atoms with Crippen LogP contribution in [0.25, 0.3) is 0 Å². The highest BCUT2D eigenvalue weighted by Crippen LogP contribution is 2.16.